The first kappa shape index (κ1) is 27.6. The molecule has 2 amide bonds. The number of rotatable bonds is 10. The van der Waals surface area contributed by atoms with Gasteiger partial charge in [0.1, 0.15) is 12.6 Å². The number of likely N-dealkylation sites (N-methyl/N-ethyl adjacent to an activating group) is 1. The number of nitrogens with zero attached hydrogens (tertiary/aromatic N) is 2. The zero-order valence-electron chi connectivity index (χ0n) is 19.3. The van der Waals surface area contributed by atoms with Gasteiger partial charge >= 0.3 is 0 Å². The number of halogens is 2. The standard InChI is InChI=1S/C23H27Cl2N3O5S/c1-5-26-23(31)15(2)27(13-17-9-10-20(24)21(25)11-17)22(30)14-28(34(4,32)33)19-8-6-7-18(12-19)16(3)29/h6-12,15H,5,13-14H2,1-4H3,(H,26,31). The molecule has 0 bridgehead atoms. The minimum absolute atomic E-state index is 0.000882. The lowest BCUT2D eigenvalue weighted by molar-refractivity contribution is -0.139. The van der Waals surface area contributed by atoms with Crippen molar-refractivity contribution in [3.8, 4) is 0 Å². The third kappa shape index (κ3) is 7.19. The average Bonchev–Trinajstić information content (AvgIpc) is 2.77. The average molecular weight is 528 g/mol. The number of carbonyl (C=O) groups excluding carboxylic acids is 3. The Morgan fingerprint density at radius 3 is 2.29 bits per heavy atom. The lowest BCUT2D eigenvalue weighted by Gasteiger charge is -2.31. The largest absolute Gasteiger partial charge is 0.355 e. The van der Waals surface area contributed by atoms with Crippen LogP contribution >= 0.6 is 23.2 Å². The summed E-state index contributed by atoms with van der Waals surface area (Å²) in [5.74, 6) is -1.24. The van der Waals surface area contributed by atoms with Crippen LogP contribution in [0.5, 0.6) is 0 Å². The van der Waals surface area contributed by atoms with E-state index < -0.39 is 28.5 Å². The van der Waals surface area contributed by atoms with Gasteiger partial charge in [-0.25, -0.2) is 8.42 Å². The molecule has 0 aliphatic heterocycles. The van der Waals surface area contributed by atoms with Crippen LogP contribution in [0.3, 0.4) is 0 Å². The highest BCUT2D eigenvalue weighted by molar-refractivity contribution is 7.92. The molecule has 0 saturated heterocycles. The topological polar surface area (TPSA) is 104 Å². The van der Waals surface area contributed by atoms with Gasteiger partial charge in [-0.15, -0.1) is 0 Å². The Kier molecular flexibility index (Phi) is 9.49. The first-order chi connectivity index (χ1) is 15.8. The molecular formula is C23H27Cl2N3O5S. The van der Waals surface area contributed by atoms with Crippen LogP contribution in [-0.2, 0) is 26.2 Å². The van der Waals surface area contributed by atoms with Gasteiger partial charge in [0, 0.05) is 18.7 Å². The van der Waals surface area contributed by atoms with Crippen molar-refractivity contribution in [2.75, 3.05) is 23.7 Å². The number of sulfonamides is 1. The molecule has 2 aromatic rings. The Morgan fingerprint density at radius 1 is 1.06 bits per heavy atom. The Morgan fingerprint density at radius 2 is 1.74 bits per heavy atom. The summed E-state index contributed by atoms with van der Waals surface area (Å²) in [7, 11) is -3.89. The van der Waals surface area contributed by atoms with E-state index >= 15 is 0 Å². The molecule has 1 unspecified atom stereocenters. The molecule has 11 heteroatoms. The minimum atomic E-state index is -3.89. The minimum Gasteiger partial charge on any atom is -0.355 e. The van der Waals surface area contributed by atoms with Crippen LogP contribution in [0.4, 0.5) is 5.69 Å². The van der Waals surface area contributed by atoms with Crippen LogP contribution in [0.25, 0.3) is 0 Å². The van der Waals surface area contributed by atoms with E-state index in [1.165, 1.54) is 24.0 Å². The zero-order chi connectivity index (χ0) is 25.6. The Labute approximate surface area is 209 Å². The van der Waals surface area contributed by atoms with Crippen molar-refractivity contribution in [1.29, 1.82) is 0 Å². The fraction of sp³-hybridized carbons (Fsp3) is 0.348. The van der Waals surface area contributed by atoms with Crippen molar-refractivity contribution in [2.45, 2.75) is 33.4 Å². The molecule has 0 aliphatic rings. The SMILES string of the molecule is CCNC(=O)C(C)N(Cc1ccc(Cl)c(Cl)c1)C(=O)CN(c1cccc(C(C)=O)c1)S(C)(=O)=O. The quantitative estimate of drug-likeness (QED) is 0.476. The maximum Gasteiger partial charge on any atom is 0.244 e. The number of Topliss-reactive ketones (excluding diaryl/α,β-unsaturated/α-hetero) is 1. The molecule has 1 N–H and O–H groups in total. The van der Waals surface area contributed by atoms with E-state index in [9.17, 15) is 22.8 Å². The molecule has 0 fully saturated rings. The van der Waals surface area contributed by atoms with Gasteiger partial charge in [-0.3, -0.25) is 18.7 Å². The number of anilines is 1. The monoisotopic (exact) mass is 527 g/mol. The fourth-order valence-electron chi connectivity index (χ4n) is 3.23. The number of benzene rings is 2. The number of carbonyl (C=O) groups is 3. The summed E-state index contributed by atoms with van der Waals surface area (Å²) in [5.41, 5.74) is 1.09. The third-order valence-corrected chi connectivity index (χ3v) is 6.95. The Hall–Kier alpha value is -2.62. The highest BCUT2D eigenvalue weighted by Crippen LogP contribution is 2.25. The van der Waals surface area contributed by atoms with Crippen LogP contribution in [0.1, 0.15) is 36.7 Å². The van der Waals surface area contributed by atoms with Crippen molar-refractivity contribution in [3.63, 3.8) is 0 Å². The van der Waals surface area contributed by atoms with Crippen molar-refractivity contribution >= 4 is 56.5 Å². The second-order valence-electron chi connectivity index (χ2n) is 7.72. The second-order valence-corrected chi connectivity index (χ2v) is 10.4. The van der Waals surface area contributed by atoms with Crippen LogP contribution < -0.4 is 9.62 Å². The molecule has 0 spiro atoms. The molecule has 2 aromatic carbocycles. The van der Waals surface area contributed by atoms with Gasteiger partial charge in [0.2, 0.25) is 21.8 Å². The number of hydrogen-bond donors (Lipinski definition) is 1. The van der Waals surface area contributed by atoms with Gasteiger partial charge in [0.15, 0.2) is 5.78 Å². The number of nitrogens with one attached hydrogen (secondary N) is 1. The molecule has 0 heterocycles. The van der Waals surface area contributed by atoms with Crippen molar-refractivity contribution in [2.24, 2.45) is 0 Å². The van der Waals surface area contributed by atoms with Crippen LogP contribution in [-0.4, -0.2) is 56.3 Å². The summed E-state index contributed by atoms with van der Waals surface area (Å²) in [6, 6.07) is 9.94. The van der Waals surface area contributed by atoms with Crippen molar-refractivity contribution in [1.82, 2.24) is 10.2 Å². The molecule has 34 heavy (non-hydrogen) atoms. The maximum atomic E-state index is 13.4. The summed E-state index contributed by atoms with van der Waals surface area (Å²) >= 11 is 12.1. The van der Waals surface area contributed by atoms with E-state index in [4.69, 9.17) is 23.2 Å². The van der Waals surface area contributed by atoms with E-state index in [1.807, 2.05) is 0 Å². The molecule has 8 nitrogen and oxygen atoms in total. The molecule has 0 aliphatic carbocycles. The van der Waals surface area contributed by atoms with Gasteiger partial charge in [0.25, 0.3) is 0 Å². The number of ketones is 1. The summed E-state index contributed by atoms with van der Waals surface area (Å²) in [4.78, 5) is 39.0. The van der Waals surface area contributed by atoms with Gasteiger partial charge < -0.3 is 10.2 Å². The van der Waals surface area contributed by atoms with Crippen LogP contribution in [0.15, 0.2) is 42.5 Å². The lowest BCUT2D eigenvalue weighted by Crippen LogP contribution is -2.51. The first-order valence-electron chi connectivity index (χ1n) is 10.4. The fourth-order valence-corrected chi connectivity index (χ4v) is 4.40. The van der Waals surface area contributed by atoms with E-state index in [0.29, 0.717) is 22.7 Å². The highest BCUT2D eigenvalue weighted by Gasteiger charge is 2.30. The third-order valence-electron chi connectivity index (χ3n) is 5.08. The van der Waals surface area contributed by atoms with Crippen LogP contribution in [0, 0.1) is 0 Å². The summed E-state index contributed by atoms with van der Waals surface area (Å²) in [6.45, 7) is 4.47. The molecule has 0 radical (unpaired) electrons. The van der Waals surface area contributed by atoms with Gasteiger partial charge in [-0.1, -0.05) is 41.4 Å². The number of amides is 2. The first-order valence-corrected chi connectivity index (χ1v) is 13.0. The molecule has 0 aromatic heterocycles. The van der Waals surface area contributed by atoms with E-state index in [0.717, 1.165) is 10.6 Å². The normalized spacial score (nSPS) is 12.1. The predicted molar refractivity (Wildman–Crippen MR) is 134 cm³/mol. The van der Waals surface area contributed by atoms with E-state index in [-0.39, 0.29) is 28.9 Å². The Bertz CT molecular complexity index is 1190. The van der Waals surface area contributed by atoms with Gasteiger partial charge in [-0.2, -0.15) is 0 Å². The highest BCUT2D eigenvalue weighted by atomic mass is 35.5. The van der Waals surface area contributed by atoms with Crippen LogP contribution in [0.2, 0.25) is 10.0 Å². The zero-order valence-corrected chi connectivity index (χ0v) is 21.7. The molecular weight excluding hydrogens is 501 g/mol. The molecule has 184 valence electrons. The second kappa shape index (κ2) is 11.7. The molecule has 2 rings (SSSR count). The predicted octanol–water partition coefficient (Wildman–Crippen LogP) is 3.52. The number of hydrogen-bond acceptors (Lipinski definition) is 5. The van der Waals surface area contributed by atoms with Gasteiger partial charge in [0.05, 0.1) is 22.0 Å². The Balaban J connectivity index is 2.44. The van der Waals surface area contributed by atoms with E-state index in [1.54, 1.807) is 44.2 Å². The summed E-state index contributed by atoms with van der Waals surface area (Å²) in [6.07, 6.45) is 0.969. The smallest absolute Gasteiger partial charge is 0.244 e. The summed E-state index contributed by atoms with van der Waals surface area (Å²) in [5, 5.41) is 3.30. The summed E-state index contributed by atoms with van der Waals surface area (Å²) < 4.78 is 26.1. The van der Waals surface area contributed by atoms with Gasteiger partial charge in [-0.05, 0) is 50.6 Å². The molecule has 1 atom stereocenters. The lowest BCUT2D eigenvalue weighted by atomic mass is 10.1. The van der Waals surface area contributed by atoms with Crippen molar-refractivity contribution < 1.29 is 22.8 Å². The van der Waals surface area contributed by atoms with E-state index in [2.05, 4.69) is 5.32 Å². The maximum absolute atomic E-state index is 13.4. The molecule has 0 saturated carbocycles. The van der Waals surface area contributed by atoms with Crippen molar-refractivity contribution in [3.05, 3.63) is 63.6 Å².